The fourth-order valence-electron chi connectivity index (χ4n) is 2.16. The van der Waals surface area contributed by atoms with Gasteiger partial charge in [0.05, 0.1) is 14.0 Å². The molecule has 2 heteroatoms. The van der Waals surface area contributed by atoms with E-state index in [1.54, 1.807) is 0 Å². The fraction of sp³-hybridized carbons (Fsp3) is 0.235. The van der Waals surface area contributed by atoms with Crippen molar-refractivity contribution >= 4 is 25.1 Å². The topological polar surface area (TPSA) is 17.1 Å². The van der Waals surface area contributed by atoms with Crippen molar-refractivity contribution in [1.29, 1.82) is 0 Å². The third kappa shape index (κ3) is 3.41. The predicted octanol–water partition coefficient (Wildman–Crippen LogP) is 4.56. The predicted molar refractivity (Wildman–Crippen MR) is 85.2 cm³/mol. The molecule has 0 radical (unpaired) electrons. The van der Waals surface area contributed by atoms with Crippen molar-refractivity contribution < 1.29 is 4.79 Å². The van der Waals surface area contributed by atoms with E-state index >= 15 is 0 Å². The van der Waals surface area contributed by atoms with E-state index in [0.29, 0.717) is 0 Å². The van der Waals surface area contributed by atoms with Crippen molar-refractivity contribution in [2.45, 2.75) is 25.6 Å². The zero-order chi connectivity index (χ0) is 13.9. The van der Waals surface area contributed by atoms with Gasteiger partial charge in [0.25, 0.3) is 0 Å². The van der Waals surface area contributed by atoms with Gasteiger partial charge in [-0.15, -0.1) is 0 Å². The Hall–Kier alpha value is -1.67. The number of hydrogen-bond acceptors (Lipinski definition) is 1. The Morgan fingerprint density at radius 3 is 2.37 bits per heavy atom. The van der Waals surface area contributed by atoms with Crippen molar-refractivity contribution in [2.24, 2.45) is 0 Å². The minimum atomic E-state index is -1.28. The van der Waals surface area contributed by atoms with Gasteiger partial charge < -0.3 is 4.79 Å². The van der Waals surface area contributed by atoms with Crippen LogP contribution in [0.5, 0.6) is 0 Å². The van der Waals surface area contributed by atoms with Crippen molar-refractivity contribution in [3.63, 3.8) is 0 Å². The van der Waals surface area contributed by atoms with Gasteiger partial charge in [0, 0.05) is 0 Å². The van der Waals surface area contributed by atoms with Crippen LogP contribution < -0.4 is 0 Å². The molecule has 2 rings (SSSR count). The number of hydrogen-bond donors (Lipinski definition) is 0. The summed E-state index contributed by atoms with van der Waals surface area (Å²) in [4.78, 5) is 11.4. The Morgan fingerprint density at radius 2 is 1.68 bits per heavy atom. The Kier molecular flexibility index (Phi) is 4.01. The highest BCUT2D eigenvalue weighted by Gasteiger charge is 2.13. The molecule has 0 N–H and O–H groups in total. The second kappa shape index (κ2) is 5.53. The Balaban J connectivity index is 2.47. The monoisotopic (exact) mass is 268 g/mol. The number of carbonyl (C=O) groups excluding carboxylic acids is 1. The van der Waals surface area contributed by atoms with Gasteiger partial charge in [-0.2, -0.15) is 0 Å². The van der Waals surface area contributed by atoms with E-state index in [9.17, 15) is 4.79 Å². The van der Waals surface area contributed by atoms with Crippen molar-refractivity contribution in [1.82, 2.24) is 0 Å². The third-order valence-corrected chi connectivity index (χ3v) is 4.33. The quantitative estimate of drug-likeness (QED) is 0.587. The summed E-state index contributed by atoms with van der Waals surface area (Å²) >= 11 is 0. The van der Waals surface area contributed by atoms with Gasteiger partial charge >= 0.3 is 0 Å². The Labute approximate surface area is 116 Å². The molecular weight excluding hydrogens is 248 g/mol. The molecule has 1 unspecified atom stereocenters. The first-order valence-corrected chi connectivity index (χ1v) is 10.2. The van der Waals surface area contributed by atoms with Gasteiger partial charge in [0.2, 0.25) is 0 Å². The van der Waals surface area contributed by atoms with Crippen LogP contribution in [0.4, 0.5) is 0 Å². The van der Waals surface area contributed by atoms with E-state index in [-0.39, 0.29) is 5.92 Å². The maximum Gasteiger partial charge on any atom is 0.131 e. The summed E-state index contributed by atoms with van der Waals surface area (Å²) in [5, 5.41) is 2.36. The van der Waals surface area contributed by atoms with Crippen LogP contribution in [0.3, 0.4) is 0 Å². The molecule has 19 heavy (non-hydrogen) atoms. The van der Waals surface area contributed by atoms with Crippen LogP contribution in [0.2, 0.25) is 19.6 Å². The summed E-state index contributed by atoms with van der Waals surface area (Å²) in [6.07, 6.45) is 3.11. The molecule has 0 amide bonds. The van der Waals surface area contributed by atoms with Gasteiger partial charge in [-0.1, -0.05) is 73.9 Å². The number of allylic oxidation sites excluding steroid dienone is 1. The number of benzene rings is 2. The van der Waals surface area contributed by atoms with E-state index in [1.807, 2.05) is 18.2 Å². The number of aldehydes is 1. The molecule has 0 heterocycles. The highest BCUT2D eigenvalue weighted by molar-refractivity contribution is 6.80. The van der Waals surface area contributed by atoms with Crippen LogP contribution in [-0.4, -0.2) is 14.4 Å². The smallest absolute Gasteiger partial charge is 0.131 e. The second-order valence-electron chi connectivity index (χ2n) is 5.96. The molecule has 0 saturated carbocycles. The van der Waals surface area contributed by atoms with Crippen LogP contribution in [0, 0.1) is 0 Å². The van der Waals surface area contributed by atoms with Crippen LogP contribution in [0.25, 0.3) is 10.8 Å². The first-order valence-electron chi connectivity index (χ1n) is 6.63. The summed E-state index contributed by atoms with van der Waals surface area (Å²) in [5.74, 6) is -0.141. The highest BCUT2D eigenvalue weighted by atomic mass is 28.3. The zero-order valence-corrected chi connectivity index (χ0v) is 12.8. The van der Waals surface area contributed by atoms with Gasteiger partial charge in [-0.05, 0) is 16.3 Å². The molecule has 2 aromatic rings. The third-order valence-electron chi connectivity index (χ3n) is 3.13. The maximum absolute atomic E-state index is 11.4. The molecule has 0 bridgehead atoms. The molecule has 1 nitrogen and oxygen atoms in total. The summed E-state index contributed by atoms with van der Waals surface area (Å²) in [7, 11) is -1.28. The summed E-state index contributed by atoms with van der Waals surface area (Å²) in [6.45, 7) is 6.82. The molecule has 98 valence electrons. The summed E-state index contributed by atoms with van der Waals surface area (Å²) < 4.78 is 0. The minimum Gasteiger partial charge on any atom is -0.302 e. The van der Waals surface area contributed by atoms with E-state index in [1.165, 1.54) is 10.8 Å². The lowest BCUT2D eigenvalue weighted by Gasteiger charge is -2.13. The largest absolute Gasteiger partial charge is 0.302 e. The van der Waals surface area contributed by atoms with E-state index in [0.717, 1.165) is 11.8 Å². The van der Waals surface area contributed by atoms with Crippen molar-refractivity contribution in [3.05, 3.63) is 59.8 Å². The van der Waals surface area contributed by atoms with E-state index in [4.69, 9.17) is 0 Å². The highest BCUT2D eigenvalue weighted by Crippen LogP contribution is 2.26. The first kappa shape index (κ1) is 13.8. The number of carbonyl (C=O) groups is 1. The van der Waals surface area contributed by atoms with Crippen LogP contribution in [0.1, 0.15) is 11.5 Å². The molecule has 0 fully saturated rings. The van der Waals surface area contributed by atoms with E-state index < -0.39 is 8.07 Å². The SMILES string of the molecule is C[Si](C)(C)/C=C/C(C=O)c1cccc2ccccc12. The molecule has 0 aliphatic carbocycles. The lowest BCUT2D eigenvalue weighted by molar-refractivity contribution is -0.108. The summed E-state index contributed by atoms with van der Waals surface area (Å²) in [5.41, 5.74) is 3.34. The van der Waals surface area contributed by atoms with Crippen molar-refractivity contribution in [2.75, 3.05) is 0 Å². The molecule has 0 aliphatic rings. The molecular formula is C17H20OSi. The lowest BCUT2D eigenvalue weighted by atomic mass is 9.94. The van der Waals surface area contributed by atoms with Crippen molar-refractivity contribution in [3.8, 4) is 0 Å². The van der Waals surface area contributed by atoms with Crippen LogP contribution in [-0.2, 0) is 4.79 Å². The Bertz CT molecular complexity index is 603. The molecule has 2 aromatic carbocycles. The fourth-order valence-corrected chi connectivity index (χ4v) is 2.94. The molecule has 0 spiro atoms. The number of fused-ring (bicyclic) bond motifs is 1. The van der Waals surface area contributed by atoms with Gasteiger partial charge in [0.1, 0.15) is 6.29 Å². The molecule has 0 saturated heterocycles. The number of rotatable bonds is 4. The van der Waals surface area contributed by atoms with Gasteiger partial charge in [-0.25, -0.2) is 0 Å². The normalized spacial score (nSPS) is 13.8. The standard InChI is InChI=1S/C17H20OSi/c1-19(2,3)12-11-15(13-18)17-10-6-8-14-7-4-5-9-16(14)17/h4-13,15H,1-3H3/b12-11+. The van der Waals surface area contributed by atoms with Crippen LogP contribution >= 0.6 is 0 Å². The van der Waals surface area contributed by atoms with E-state index in [2.05, 4.69) is 55.7 Å². The molecule has 0 aromatic heterocycles. The molecule has 0 aliphatic heterocycles. The maximum atomic E-state index is 11.4. The minimum absolute atomic E-state index is 0.141. The lowest BCUT2D eigenvalue weighted by Crippen LogP contribution is -2.16. The van der Waals surface area contributed by atoms with Gasteiger partial charge in [-0.3, -0.25) is 0 Å². The molecule has 1 atom stereocenters. The van der Waals surface area contributed by atoms with Crippen LogP contribution in [0.15, 0.2) is 54.2 Å². The average Bonchev–Trinajstić information content (AvgIpc) is 2.38. The zero-order valence-electron chi connectivity index (χ0n) is 11.8. The summed E-state index contributed by atoms with van der Waals surface area (Å²) in [6, 6.07) is 14.4. The Morgan fingerprint density at radius 1 is 1.00 bits per heavy atom. The van der Waals surface area contributed by atoms with Gasteiger partial charge in [0.15, 0.2) is 0 Å². The first-order chi connectivity index (χ1) is 9.01. The average molecular weight is 268 g/mol. The second-order valence-corrected chi connectivity index (χ2v) is 11.0.